The molecule has 0 saturated heterocycles. The van der Waals surface area contributed by atoms with Crippen LogP contribution < -0.4 is 5.32 Å². The lowest BCUT2D eigenvalue weighted by Crippen LogP contribution is -2.02. The van der Waals surface area contributed by atoms with Gasteiger partial charge >= 0.3 is 0 Å². The average molecular weight is 134 g/mol. The Bertz CT molecular complexity index is 271. The lowest BCUT2D eigenvalue weighted by Gasteiger charge is -2.06. The summed E-state index contributed by atoms with van der Waals surface area (Å²) >= 11 is 0. The number of aryl methyl sites for hydroxylation is 1. The minimum absolute atomic E-state index is 0.937. The van der Waals surface area contributed by atoms with E-state index in [9.17, 15) is 0 Å². The van der Waals surface area contributed by atoms with Crippen molar-refractivity contribution in [2.45, 2.75) is 6.92 Å². The van der Waals surface area contributed by atoms with E-state index in [1.165, 1.54) is 11.3 Å². The second-order valence-electron chi connectivity index (χ2n) is 2.57. The van der Waals surface area contributed by atoms with Crippen LogP contribution in [0.15, 0.2) is 12.1 Å². The van der Waals surface area contributed by atoms with E-state index in [2.05, 4.69) is 35.4 Å². The molecule has 0 aliphatic carbocycles. The highest BCUT2D eigenvalue weighted by atomic mass is 15.0. The van der Waals surface area contributed by atoms with Gasteiger partial charge in [-0.2, -0.15) is 0 Å². The summed E-state index contributed by atoms with van der Waals surface area (Å²) in [6.07, 6.45) is 4.25. The first-order chi connectivity index (χ1) is 4.86. The first-order valence-corrected chi connectivity index (χ1v) is 3.46. The van der Waals surface area contributed by atoms with Gasteiger partial charge in [0, 0.05) is 17.8 Å². The Hall–Kier alpha value is -1.18. The number of nitrogens with one attached hydrogen (secondary N) is 2. The SMILES string of the molecule is Cc1cc2c([nH]1)NCC=C2. The molecule has 0 spiro atoms. The van der Waals surface area contributed by atoms with Gasteiger partial charge in [-0.05, 0) is 13.0 Å². The quantitative estimate of drug-likeness (QED) is 0.556. The molecule has 2 heterocycles. The third kappa shape index (κ3) is 0.727. The van der Waals surface area contributed by atoms with Gasteiger partial charge in [0.05, 0.1) is 0 Å². The highest BCUT2D eigenvalue weighted by molar-refractivity contribution is 5.67. The molecule has 1 aromatic heterocycles. The zero-order chi connectivity index (χ0) is 6.97. The number of hydrogen-bond acceptors (Lipinski definition) is 1. The van der Waals surface area contributed by atoms with Gasteiger partial charge in [-0.1, -0.05) is 12.2 Å². The molecular weight excluding hydrogens is 124 g/mol. The van der Waals surface area contributed by atoms with Crippen LogP contribution in [0, 0.1) is 6.92 Å². The van der Waals surface area contributed by atoms with Crippen LogP contribution in [0.1, 0.15) is 11.3 Å². The topological polar surface area (TPSA) is 27.8 Å². The monoisotopic (exact) mass is 134 g/mol. The summed E-state index contributed by atoms with van der Waals surface area (Å²) in [5, 5.41) is 3.24. The number of hydrogen-bond donors (Lipinski definition) is 2. The Labute approximate surface area is 60.0 Å². The summed E-state index contributed by atoms with van der Waals surface area (Å²) in [7, 11) is 0. The molecule has 0 bridgehead atoms. The van der Waals surface area contributed by atoms with Crippen molar-refractivity contribution in [2.75, 3.05) is 11.9 Å². The Morgan fingerprint density at radius 3 is 3.20 bits per heavy atom. The van der Waals surface area contributed by atoms with Crippen LogP contribution in [0.25, 0.3) is 6.08 Å². The Morgan fingerprint density at radius 1 is 1.50 bits per heavy atom. The predicted octanol–water partition coefficient (Wildman–Crippen LogP) is 1.76. The van der Waals surface area contributed by atoms with Gasteiger partial charge in [-0.25, -0.2) is 0 Å². The molecular formula is C8H10N2. The van der Waals surface area contributed by atoms with E-state index in [0.717, 1.165) is 12.4 Å². The van der Waals surface area contributed by atoms with Crippen LogP contribution >= 0.6 is 0 Å². The number of fused-ring (bicyclic) bond motifs is 1. The normalized spacial score (nSPS) is 14.5. The third-order valence-corrected chi connectivity index (χ3v) is 1.68. The zero-order valence-electron chi connectivity index (χ0n) is 5.94. The molecule has 1 aliphatic rings. The molecule has 0 saturated carbocycles. The van der Waals surface area contributed by atoms with E-state index in [1.54, 1.807) is 0 Å². The van der Waals surface area contributed by atoms with Gasteiger partial charge < -0.3 is 10.3 Å². The number of rotatable bonds is 0. The van der Waals surface area contributed by atoms with Crippen LogP contribution in [-0.2, 0) is 0 Å². The van der Waals surface area contributed by atoms with Gasteiger partial charge in [0.1, 0.15) is 5.82 Å². The Morgan fingerprint density at radius 2 is 2.40 bits per heavy atom. The fraction of sp³-hybridized carbons (Fsp3) is 0.250. The van der Waals surface area contributed by atoms with Crippen LogP contribution in [-0.4, -0.2) is 11.5 Å². The molecule has 1 aliphatic heterocycles. The largest absolute Gasteiger partial charge is 0.368 e. The van der Waals surface area contributed by atoms with Crippen LogP contribution in [0.2, 0.25) is 0 Å². The van der Waals surface area contributed by atoms with Crippen molar-refractivity contribution >= 4 is 11.9 Å². The van der Waals surface area contributed by atoms with E-state index in [1.807, 2.05) is 0 Å². The Balaban J connectivity index is 2.53. The van der Waals surface area contributed by atoms with Crippen molar-refractivity contribution in [3.8, 4) is 0 Å². The molecule has 2 nitrogen and oxygen atoms in total. The Kier molecular flexibility index (Phi) is 1.07. The molecule has 0 amide bonds. The van der Waals surface area contributed by atoms with Gasteiger partial charge in [0.2, 0.25) is 0 Å². The summed E-state index contributed by atoms with van der Waals surface area (Å²) in [5.74, 6) is 1.15. The fourth-order valence-electron chi connectivity index (χ4n) is 1.24. The highest BCUT2D eigenvalue weighted by Crippen LogP contribution is 2.19. The molecule has 52 valence electrons. The van der Waals surface area contributed by atoms with Crippen LogP contribution in [0.3, 0.4) is 0 Å². The predicted molar refractivity (Wildman–Crippen MR) is 43.1 cm³/mol. The summed E-state index contributed by atoms with van der Waals surface area (Å²) in [4.78, 5) is 3.23. The number of aromatic amines is 1. The molecule has 0 aromatic carbocycles. The van der Waals surface area contributed by atoms with E-state index in [-0.39, 0.29) is 0 Å². The molecule has 2 rings (SSSR count). The maximum Gasteiger partial charge on any atom is 0.111 e. The van der Waals surface area contributed by atoms with Crippen LogP contribution in [0.4, 0.5) is 5.82 Å². The van der Waals surface area contributed by atoms with E-state index < -0.39 is 0 Å². The van der Waals surface area contributed by atoms with Crippen molar-refractivity contribution in [3.05, 3.63) is 23.4 Å². The summed E-state index contributed by atoms with van der Waals surface area (Å²) in [6, 6.07) is 2.14. The molecule has 2 heteroatoms. The first kappa shape index (κ1) is 5.59. The number of H-pyrrole nitrogens is 1. The van der Waals surface area contributed by atoms with Gasteiger partial charge in [0.15, 0.2) is 0 Å². The summed E-state index contributed by atoms with van der Waals surface area (Å²) < 4.78 is 0. The molecule has 0 atom stereocenters. The van der Waals surface area contributed by atoms with Crippen molar-refractivity contribution in [1.29, 1.82) is 0 Å². The number of anilines is 1. The summed E-state index contributed by atoms with van der Waals surface area (Å²) in [6.45, 7) is 3.00. The second kappa shape index (κ2) is 1.90. The first-order valence-electron chi connectivity index (χ1n) is 3.46. The maximum absolute atomic E-state index is 3.24. The van der Waals surface area contributed by atoms with Gasteiger partial charge in [-0.15, -0.1) is 0 Å². The maximum atomic E-state index is 3.24. The number of aromatic nitrogens is 1. The van der Waals surface area contributed by atoms with Crippen molar-refractivity contribution < 1.29 is 0 Å². The molecule has 0 radical (unpaired) electrons. The van der Waals surface area contributed by atoms with E-state index in [4.69, 9.17) is 0 Å². The average Bonchev–Trinajstić information content (AvgIpc) is 2.27. The van der Waals surface area contributed by atoms with Gasteiger partial charge in [-0.3, -0.25) is 0 Å². The molecule has 0 fully saturated rings. The van der Waals surface area contributed by atoms with Crippen LogP contribution in [0.5, 0.6) is 0 Å². The standard InChI is InChI=1S/C8H10N2/c1-6-5-7-3-2-4-9-8(7)10-6/h2-3,5,9-10H,4H2,1H3. The minimum Gasteiger partial charge on any atom is -0.368 e. The highest BCUT2D eigenvalue weighted by Gasteiger charge is 2.04. The minimum atomic E-state index is 0.937. The summed E-state index contributed by atoms with van der Waals surface area (Å²) in [5.41, 5.74) is 2.48. The molecule has 10 heavy (non-hydrogen) atoms. The lowest BCUT2D eigenvalue weighted by molar-refractivity contribution is 1.21. The van der Waals surface area contributed by atoms with Gasteiger partial charge in [0.25, 0.3) is 0 Å². The van der Waals surface area contributed by atoms with Crippen molar-refractivity contribution in [3.63, 3.8) is 0 Å². The fourth-order valence-corrected chi connectivity index (χ4v) is 1.24. The van der Waals surface area contributed by atoms with E-state index in [0.29, 0.717) is 0 Å². The molecule has 2 N–H and O–H groups in total. The van der Waals surface area contributed by atoms with Crippen molar-refractivity contribution in [2.24, 2.45) is 0 Å². The second-order valence-corrected chi connectivity index (χ2v) is 2.57. The van der Waals surface area contributed by atoms with E-state index >= 15 is 0 Å². The molecule has 1 aromatic rings. The lowest BCUT2D eigenvalue weighted by atomic mass is 10.2. The van der Waals surface area contributed by atoms with Crippen molar-refractivity contribution in [1.82, 2.24) is 4.98 Å². The smallest absolute Gasteiger partial charge is 0.111 e. The third-order valence-electron chi connectivity index (χ3n) is 1.68. The molecule has 0 unspecified atom stereocenters. The zero-order valence-corrected chi connectivity index (χ0v) is 5.94.